The Balaban J connectivity index is -0.000000139. The van der Waals surface area contributed by atoms with Crippen LogP contribution in [-0.2, 0) is 21.7 Å². The number of hydrogen-bond donors (Lipinski definition) is 8. The van der Waals surface area contributed by atoms with Gasteiger partial charge in [-0.3, -0.25) is 0 Å². The molecule has 0 aromatic carbocycles. The Hall–Kier alpha value is 0.394. The fraction of sp³-hybridized carbons (Fsp3) is 1.00. The molecule has 0 fully saturated rings. The number of aliphatic hydroxyl groups excluding tert-OH is 8. The van der Waals surface area contributed by atoms with E-state index in [1.807, 2.05) is 55.4 Å². The van der Waals surface area contributed by atoms with Gasteiger partial charge in [-0.2, -0.15) is 0 Å². The SMILES string of the molecule is CCCC(O)C(CC)CO.CCCC(O)C(CC)CO.CCCC(O)C(CC)CO.CCCC(O)C(CC)CO.[Ti]. The van der Waals surface area contributed by atoms with Gasteiger partial charge in [-0.1, -0.05) is 81.1 Å². The van der Waals surface area contributed by atoms with E-state index in [2.05, 4.69) is 0 Å². The van der Waals surface area contributed by atoms with E-state index in [-0.39, 0.29) is 96.2 Å². The molecule has 0 rings (SSSR count). The van der Waals surface area contributed by atoms with E-state index in [1.165, 1.54) is 0 Å². The molecule has 9 heteroatoms. The number of rotatable bonds is 20. The number of aliphatic hydroxyl groups is 8. The normalized spacial score (nSPS) is 16.4. The number of hydrogen-bond acceptors (Lipinski definition) is 8. The van der Waals surface area contributed by atoms with E-state index >= 15 is 0 Å². The van der Waals surface area contributed by atoms with Gasteiger partial charge in [-0.15, -0.1) is 0 Å². The van der Waals surface area contributed by atoms with Gasteiger partial charge < -0.3 is 40.9 Å². The second-order valence-corrected chi connectivity index (χ2v) is 10.8. The van der Waals surface area contributed by atoms with Gasteiger partial charge >= 0.3 is 0 Å². The van der Waals surface area contributed by atoms with Crippen LogP contribution in [0.1, 0.15) is 132 Å². The molecule has 0 aromatic rings. The van der Waals surface area contributed by atoms with Crippen molar-refractivity contribution in [3.8, 4) is 0 Å². The summed E-state index contributed by atoms with van der Waals surface area (Å²) in [5, 5.41) is 72.4. The Morgan fingerprint density at radius 2 is 0.488 bits per heavy atom. The van der Waals surface area contributed by atoms with Crippen LogP contribution in [-0.4, -0.2) is 91.7 Å². The molecule has 8 nitrogen and oxygen atoms in total. The Morgan fingerprint density at radius 3 is 0.561 bits per heavy atom. The molecule has 252 valence electrons. The summed E-state index contributed by atoms with van der Waals surface area (Å²) in [7, 11) is 0. The van der Waals surface area contributed by atoms with Gasteiger partial charge in [0.25, 0.3) is 0 Å². The minimum absolute atomic E-state index is 0. The molecule has 0 heterocycles. The van der Waals surface area contributed by atoms with E-state index < -0.39 is 0 Å². The standard InChI is InChI=1S/4C8H18O2.Ti/c4*1-3-5-8(10)7(4-2)6-9;/h4*7-10H,3-6H2,1-2H3;. The molecule has 0 radical (unpaired) electrons. The average Bonchev–Trinajstić information content (AvgIpc) is 2.93. The predicted octanol–water partition coefficient (Wildman–Crippen LogP) is 4.66. The van der Waals surface area contributed by atoms with Crippen molar-refractivity contribution >= 4 is 0 Å². The summed E-state index contributed by atoms with van der Waals surface area (Å²) in [5.74, 6) is 0.333. The van der Waals surface area contributed by atoms with E-state index in [4.69, 9.17) is 20.4 Å². The largest absolute Gasteiger partial charge is 0.396 e. The average molecular weight is 633 g/mol. The molecule has 0 aliphatic rings. The van der Waals surface area contributed by atoms with E-state index in [0.29, 0.717) is 0 Å². The molecule has 0 aromatic heterocycles. The van der Waals surface area contributed by atoms with E-state index in [1.54, 1.807) is 0 Å². The molecule has 0 saturated carbocycles. The molecule has 0 bridgehead atoms. The zero-order chi connectivity index (χ0) is 31.9. The third-order valence-electron chi connectivity index (χ3n) is 7.55. The van der Waals surface area contributed by atoms with Gasteiger partial charge in [-0.05, 0) is 51.4 Å². The van der Waals surface area contributed by atoms with Gasteiger partial charge in [0.1, 0.15) is 0 Å². The van der Waals surface area contributed by atoms with Crippen LogP contribution in [0.15, 0.2) is 0 Å². The van der Waals surface area contributed by atoms with Crippen molar-refractivity contribution in [2.24, 2.45) is 23.7 Å². The van der Waals surface area contributed by atoms with Crippen LogP contribution in [0.3, 0.4) is 0 Å². The Labute approximate surface area is 268 Å². The first-order valence-corrected chi connectivity index (χ1v) is 16.2. The molecule has 8 unspecified atom stereocenters. The van der Waals surface area contributed by atoms with Crippen molar-refractivity contribution < 1.29 is 62.6 Å². The van der Waals surface area contributed by atoms with Crippen molar-refractivity contribution in [1.82, 2.24) is 0 Å². The molecular weight excluding hydrogens is 560 g/mol. The summed E-state index contributed by atoms with van der Waals surface area (Å²) >= 11 is 0. The molecule has 0 aliphatic carbocycles. The van der Waals surface area contributed by atoms with Crippen molar-refractivity contribution in [3.05, 3.63) is 0 Å². The fourth-order valence-corrected chi connectivity index (χ4v) is 4.22. The van der Waals surface area contributed by atoms with Gasteiger partial charge in [0.05, 0.1) is 24.4 Å². The summed E-state index contributed by atoms with van der Waals surface area (Å²) in [5.41, 5.74) is 0. The van der Waals surface area contributed by atoms with Crippen molar-refractivity contribution in [2.75, 3.05) is 26.4 Å². The maximum absolute atomic E-state index is 9.35. The molecule has 0 saturated heterocycles. The molecule has 8 N–H and O–H groups in total. The third kappa shape index (κ3) is 30.2. The van der Waals surface area contributed by atoms with Gasteiger partial charge in [0.2, 0.25) is 0 Å². The van der Waals surface area contributed by atoms with Gasteiger partial charge in [0.15, 0.2) is 0 Å². The molecule has 0 amide bonds. The van der Waals surface area contributed by atoms with Crippen LogP contribution >= 0.6 is 0 Å². The first-order valence-electron chi connectivity index (χ1n) is 16.2. The zero-order valence-corrected chi connectivity index (χ0v) is 29.6. The van der Waals surface area contributed by atoms with Crippen LogP contribution in [0.25, 0.3) is 0 Å². The monoisotopic (exact) mass is 632 g/mol. The summed E-state index contributed by atoms with van der Waals surface area (Å²) in [4.78, 5) is 0. The topological polar surface area (TPSA) is 162 Å². The maximum atomic E-state index is 9.35. The fourth-order valence-electron chi connectivity index (χ4n) is 4.22. The van der Waals surface area contributed by atoms with Crippen molar-refractivity contribution in [3.63, 3.8) is 0 Å². The predicted molar refractivity (Wildman–Crippen MR) is 167 cm³/mol. The second kappa shape index (κ2) is 38.4. The Kier molecular flexibility index (Phi) is 47.8. The Morgan fingerprint density at radius 1 is 0.341 bits per heavy atom. The minimum Gasteiger partial charge on any atom is -0.396 e. The van der Waals surface area contributed by atoms with Crippen molar-refractivity contribution in [2.45, 2.75) is 157 Å². The quantitative estimate of drug-likeness (QED) is 0.0899. The molecule has 0 spiro atoms. The van der Waals surface area contributed by atoms with Crippen LogP contribution in [0, 0.1) is 23.7 Å². The van der Waals surface area contributed by atoms with Crippen LogP contribution < -0.4 is 0 Å². The smallest absolute Gasteiger partial charge is 0.0590 e. The van der Waals surface area contributed by atoms with E-state index in [0.717, 1.165) is 77.0 Å². The molecule has 8 atom stereocenters. The van der Waals surface area contributed by atoms with E-state index in [9.17, 15) is 20.4 Å². The third-order valence-corrected chi connectivity index (χ3v) is 7.55. The summed E-state index contributed by atoms with van der Waals surface area (Å²) in [6, 6.07) is 0. The summed E-state index contributed by atoms with van der Waals surface area (Å²) in [6.07, 6.45) is 9.37. The second-order valence-electron chi connectivity index (χ2n) is 10.8. The van der Waals surface area contributed by atoms with Crippen LogP contribution in [0.2, 0.25) is 0 Å². The molecule has 0 aliphatic heterocycles. The van der Waals surface area contributed by atoms with Gasteiger partial charge in [0, 0.05) is 71.8 Å². The summed E-state index contributed by atoms with van der Waals surface area (Å²) in [6.45, 7) is 16.5. The van der Waals surface area contributed by atoms with Crippen molar-refractivity contribution in [1.29, 1.82) is 0 Å². The minimum atomic E-state index is -0.306. The molecule has 41 heavy (non-hydrogen) atoms. The Bertz CT molecular complexity index is 365. The summed E-state index contributed by atoms with van der Waals surface area (Å²) < 4.78 is 0. The van der Waals surface area contributed by atoms with Gasteiger partial charge in [-0.25, -0.2) is 0 Å². The molecular formula is C32H72O8Ti. The first-order chi connectivity index (χ1) is 19.0. The van der Waals surface area contributed by atoms with Crippen LogP contribution in [0.4, 0.5) is 0 Å². The maximum Gasteiger partial charge on any atom is 0.0590 e. The zero-order valence-electron chi connectivity index (χ0n) is 28.0. The van der Waals surface area contributed by atoms with Crippen LogP contribution in [0.5, 0.6) is 0 Å². The first kappa shape index (κ1) is 51.0.